The second-order valence-electron chi connectivity index (χ2n) is 3.21. The normalized spacial score (nSPS) is 21.6. The summed E-state index contributed by atoms with van der Waals surface area (Å²) in [6.45, 7) is -0.930. The van der Waals surface area contributed by atoms with Crippen molar-refractivity contribution in [1.82, 2.24) is 0 Å². The molecule has 0 aliphatic heterocycles. The molecular formula is C6H15O10P. The third-order valence-electron chi connectivity index (χ3n) is 1.82. The number of rotatable bonds is 7. The van der Waals surface area contributed by atoms with Gasteiger partial charge in [-0.05, 0) is 0 Å². The molecule has 17 heavy (non-hydrogen) atoms. The van der Waals surface area contributed by atoms with Crippen molar-refractivity contribution in [2.24, 2.45) is 0 Å². The van der Waals surface area contributed by atoms with E-state index in [4.69, 9.17) is 35.3 Å². The van der Waals surface area contributed by atoms with E-state index >= 15 is 0 Å². The summed E-state index contributed by atoms with van der Waals surface area (Å²) in [5.74, 6) is 0. The molecule has 0 saturated carbocycles. The summed E-state index contributed by atoms with van der Waals surface area (Å²) >= 11 is 0. The van der Waals surface area contributed by atoms with Crippen LogP contribution in [0.5, 0.6) is 0 Å². The fourth-order valence-corrected chi connectivity index (χ4v) is 1.32. The molecule has 0 aromatic carbocycles. The van der Waals surface area contributed by atoms with E-state index in [1.807, 2.05) is 0 Å². The predicted molar refractivity (Wildman–Crippen MR) is 50.2 cm³/mol. The van der Waals surface area contributed by atoms with Crippen LogP contribution in [0, 0.1) is 0 Å². The van der Waals surface area contributed by atoms with E-state index < -0.39 is 45.1 Å². The quantitative estimate of drug-likeness (QED) is 0.168. The Hall–Kier alpha value is -0.130. The molecule has 104 valence electrons. The number of phosphoric acid groups is 1. The highest BCUT2D eigenvalue weighted by molar-refractivity contribution is 7.46. The summed E-state index contributed by atoms with van der Waals surface area (Å²) in [4.78, 5) is 16.6. The van der Waals surface area contributed by atoms with Gasteiger partial charge >= 0.3 is 7.82 Å². The van der Waals surface area contributed by atoms with Gasteiger partial charge in [0.1, 0.15) is 24.4 Å². The average Bonchev–Trinajstić information content (AvgIpc) is 2.22. The van der Waals surface area contributed by atoms with Gasteiger partial charge in [0.25, 0.3) is 0 Å². The number of aliphatic hydroxyl groups is 6. The van der Waals surface area contributed by atoms with Gasteiger partial charge in [-0.15, -0.1) is 0 Å². The molecular weight excluding hydrogens is 263 g/mol. The van der Waals surface area contributed by atoms with Crippen LogP contribution in [-0.2, 0) is 9.09 Å². The molecule has 0 amide bonds. The molecule has 8 N–H and O–H groups in total. The van der Waals surface area contributed by atoms with Gasteiger partial charge in [-0.1, -0.05) is 0 Å². The van der Waals surface area contributed by atoms with E-state index in [0.717, 1.165) is 0 Å². The Kier molecular flexibility index (Phi) is 6.66. The van der Waals surface area contributed by atoms with Crippen molar-refractivity contribution in [2.45, 2.75) is 30.7 Å². The van der Waals surface area contributed by atoms with Crippen LogP contribution >= 0.6 is 7.82 Å². The lowest BCUT2D eigenvalue weighted by Gasteiger charge is -2.28. The fraction of sp³-hybridized carbons (Fsp3) is 1.00. The second kappa shape index (κ2) is 6.71. The molecule has 0 fully saturated rings. The first-order valence-corrected chi connectivity index (χ1v) is 5.88. The Balaban J connectivity index is 4.48. The molecule has 0 radical (unpaired) electrons. The molecule has 0 heterocycles. The number of phosphoric ester groups is 1. The van der Waals surface area contributed by atoms with Gasteiger partial charge in [0.05, 0.1) is 6.61 Å². The summed E-state index contributed by atoms with van der Waals surface area (Å²) in [6.07, 6.45) is -10.8. The van der Waals surface area contributed by atoms with Gasteiger partial charge in [0.2, 0.25) is 0 Å². The van der Waals surface area contributed by atoms with Crippen LogP contribution in [0.15, 0.2) is 0 Å². The zero-order valence-corrected chi connectivity index (χ0v) is 9.33. The van der Waals surface area contributed by atoms with Crippen LogP contribution in [0.3, 0.4) is 0 Å². The van der Waals surface area contributed by atoms with Crippen molar-refractivity contribution in [3.63, 3.8) is 0 Å². The van der Waals surface area contributed by atoms with Crippen LogP contribution in [0.4, 0.5) is 0 Å². The van der Waals surface area contributed by atoms with Crippen molar-refractivity contribution in [3.8, 4) is 0 Å². The lowest BCUT2D eigenvalue weighted by molar-refractivity contribution is -0.185. The SMILES string of the molecule is O=P(O)(O)OC(O)[C@H](O)[C@H](O)[C@H](O)[C@H](O)CO. The highest BCUT2D eigenvalue weighted by Crippen LogP contribution is 2.37. The largest absolute Gasteiger partial charge is 0.472 e. The molecule has 10 nitrogen and oxygen atoms in total. The standard InChI is InChI=1S/C6H15O10P/c7-1-2(8)3(9)4(10)5(11)6(12)16-17(13,14)15/h2-12H,1H2,(H2,13,14,15)/t2-,3-,4-,5-,6?/m1/s1. The Labute approximate surface area is 95.6 Å². The molecule has 0 aromatic rings. The van der Waals surface area contributed by atoms with E-state index in [9.17, 15) is 9.67 Å². The van der Waals surface area contributed by atoms with Gasteiger partial charge in [-0.25, -0.2) is 4.57 Å². The van der Waals surface area contributed by atoms with Gasteiger partial charge in [-0.2, -0.15) is 0 Å². The minimum atomic E-state index is -5.09. The average molecular weight is 278 g/mol. The van der Waals surface area contributed by atoms with E-state index in [1.54, 1.807) is 0 Å². The Bertz CT molecular complexity index is 266. The molecule has 0 aliphatic rings. The first-order chi connectivity index (χ1) is 7.60. The smallest absolute Gasteiger partial charge is 0.394 e. The third-order valence-corrected chi connectivity index (χ3v) is 2.31. The molecule has 11 heteroatoms. The van der Waals surface area contributed by atoms with E-state index in [-0.39, 0.29) is 0 Å². The van der Waals surface area contributed by atoms with Crippen LogP contribution in [0.25, 0.3) is 0 Å². The molecule has 0 bridgehead atoms. The van der Waals surface area contributed by atoms with Crippen LogP contribution in [-0.4, -0.2) is 77.7 Å². The zero-order chi connectivity index (χ0) is 13.8. The predicted octanol–water partition coefficient (Wildman–Crippen LogP) is -4.15. The molecule has 0 aromatic heterocycles. The van der Waals surface area contributed by atoms with Crippen LogP contribution in [0.2, 0.25) is 0 Å². The number of hydrogen-bond donors (Lipinski definition) is 8. The van der Waals surface area contributed by atoms with Crippen LogP contribution < -0.4 is 0 Å². The van der Waals surface area contributed by atoms with Crippen LogP contribution in [0.1, 0.15) is 0 Å². The van der Waals surface area contributed by atoms with Crippen molar-refractivity contribution in [3.05, 3.63) is 0 Å². The monoisotopic (exact) mass is 278 g/mol. The summed E-state index contributed by atoms with van der Waals surface area (Å²) in [7, 11) is -5.09. The molecule has 0 aliphatic carbocycles. The van der Waals surface area contributed by atoms with Gasteiger partial charge in [0.15, 0.2) is 6.29 Å². The van der Waals surface area contributed by atoms with Crippen molar-refractivity contribution in [1.29, 1.82) is 0 Å². The molecule has 0 saturated heterocycles. The Morgan fingerprint density at radius 3 is 1.76 bits per heavy atom. The van der Waals surface area contributed by atoms with E-state index in [1.165, 1.54) is 0 Å². The summed E-state index contributed by atoms with van der Waals surface area (Å²) < 4.78 is 13.9. The molecule has 0 rings (SSSR count). The zero-order valence-electron chi connectivity index (χ0n) is 8.44. The minimum absolute atomic E-state index is 0.930. The number of aliphatic hydroxyl groups excluding tert-OH is 6. The lowest BCUT2D eigenvalue weighted by Crippen LogP contribution is -2.50. The van der Waals surface area contributed by atoms with Gasteiger partial charge < -0.3 is 40.4 Å². The third kappa shape index (κ3) is 5.84. The second-order valence-corrected chi connectivity index (χ2v) is 4.40. The first kappa shape index (κ1) is 16.9. The summed E-state index contributed by atoms with van der Waals surface area (Å²) in [5, 5.41) is 53.8. The van der Waals surface area contributed by atoms with Crippen molar-refractivity contribution >= 4 is 7.82 Å². The maximum atomic E-state index is 10.3. The van der Waals surface area contributed by atoms with Gasteiger partial charge in [-0.3, -0.25) is 4.52 Å². The summed E-state index contributed by atoms with van der Waals surface area (Å²) in [5.41, 5.74) is 0. The first-order valence-electron chi connectivity index (χ1n) is 4.35. The minimum Gasteiger partial charge on any atom is -0.394 e. The van der Waals surface area contributed by atoms with Gasteiger partial charge in [0, 0.05) is 0 Å². The lowest BCUT2D eigenvalue weighted by atomic mass is 10.0. The maximum Gasteiger partial charge on any atom is 0.472 e. The Morgan fingerprint density at radius 2 is 1.41 bits per heavy atom. The van der Waals surface area contributed by atoms with E-state index in [2.05, 4.69) is 4.52 Å². The summed E-state index contributed by atoms with van der Waals surface area (Å²) in [6, 6.07) is 0. The molecule has 0 spiro atoms. The highest BCUT2D eigenvalue weighted by Gasteiger charge is 2.37. The molecule has 5 atom stereocenters. The maximum absolute atomic E-state index is 10.3. The highest BCUT2D eigenvalue weighted by atomic mass is 31.2. The number of hydrogen-bond acceptors (Lipinski definition) is 8. The van der Waals surface area contributed by atoms with Crippen molar-refractivity contribution < 1.29 is 49.5 Å². The molecule has 1 unspecified atom stereocenters. The Morgan fingerprint density at radius 1 is 0.941 bits per heavy atom. The topological polar surface area (TPSA) is 188 Å². The fourth-order valence-electron chi connectivity index (χ4n) is 0.909. The van der Waals surface area contributed by atoms with Crippen molar-refractivity contribution in [2.75, 3.05) is 6.61 Å². The van der Waals surface area contributed by atoms with E-state index in [0.29, 0.717) is 0 Å².